The van der Waals surface area contributed by atoms with Crippen LogP contribution in [-0.4, -0.2) is 94.1 Å². The number of hydrogen-bond acceptors (Lipinski definition) is 8. The van der Waals surface area contributed by atoms with Gasteiger partial charge in [-0.2, -0.15) is 5.10 Å². The van der Waals surface area contributed by atoms with Crippen molar-refractivity contribution >= 4 is 28.3 Å². The van der Waals surface area contributed by atoms with Crippen molar-refractivity contribution in [2.45, 2.75) is 46.6 Å². The van der Waals surface area contributed by atoms with Crippen LogP contribution >= 0.6 is 0 Å². The highest BCUT2D eigenvalue weighted by molar-refractivity contribution is 6.00. The molecule has 6 heterocycles. The number of amides is 1. The molecule has 0 spiro atoms. The van der Waals surface area contributed by atoms with Gasteiger partial charge in [-0.15, -0.1) is 5.10 Å². The number of nitrogens with zero attached hydrogens (tertiary/aromatic N) is 6. The van der Waals surface area contributed by atoms with Gasteiger partial charge in [0.05, 0.1) is 35.3 Å². The first kappa shape index (κ1) is 28.4. The number of nitrogens with one attached hydrogen (secondary N) is 3. The molecule has 4 aromatic rings. The van der Waals surface area contributed by atoms with Gasteiger partial charge in [0.25, 0.3) is 0 Å². The maximum Gasteiger partial charge on any atom is 0.227 e. The van der Waals surface area contributed by atoms with Crippen LogP contribution in [0.25, 0.3) is 27.7 Å². The largest absolute Gasteiger partial charge is 0.492 e. The highest BCUT2D eigenvalue weighted by Gasteiger charge is 2.43. The number of anilines is 1. The molecule has 0 aliphatic carbocycles. The fourth-order valence-corrected chi connectivity index (χ4v) is 6.43. The van der Waals surface area contributed by atoms with Gasteiger partial charge >= 0.3 is 0 Å². The third-order valence-corrected chi connectivity index (χ3v) is 8.65. The van der Waals surface area contributed by atoms with E-state index in [1.807, 2.05) is 36.1 Å². The molecule has 2 saturated heterocycles. The van der Waals surface area contributed by atoms with Gasteiger partial charge in [0.2, 0.25) is 5.91 Å². The van der Waals surface area contributed by atoms with Crippen molar-refractivity contribution in [2.75, 3.05) is 57.3 Å². The third kappa shape index (κ3) is 5.67. The van der Waals surface area contributed by atoms with Gasteiger partial charge in [0, 0.05) is 69.2 Å². The number of aromatic amines is 1. The quantitative estimate of drug-likeness (QED) is 0.279. The molecular formula is C31H43N9O2. The Kier molecular flexibility index (Phi) is 8.04. The number of carbonyl (C=O) groups is 1. The van der Waals surface area contributed by atoms with Crippen LogP contribution in [0.2, 0.25) is 0 Å². The molecule has 1 atom stereocenters. The van der Waals surface area contributed by atoms with E-state index in [0.29, 0.717) is 25.1 Å². The molecule has 2 fully saturated rings. The van der Waals surface area contributed by atoms with E-state index in [1.165, 1.54) is 0 Å². The summed E-state index contributed by atoms with van der Waals surface area (Å²) in [5, 5.41) is 19.5. The SMILES string of the molecule is CCOc1cc(-c2ccc(N3CCC(CN4CCN[C@@H](C)C4)(C(=O)NCC(C)C)CC3)nc2)c2c3cn[nH]c3nn2c1. The second-order valence-electron chi connectivity index (χ2n) is 12.3. The highest BCUT2D eigenvalue weighted by Crippen LogP contribution is 2.37. The van der Waals surface area contributed by atoms with E-state index in [9.17, 15) is 4.79 Å². The second kappa shape index (κ2) is 11.9. The monoisotopic (exact) mass is 573 g/mol. The molecule has 0 saturated carbocycles. The van der Waals surface area contributed by atoms with E-state index in [0.717, 1.165) is 91.4 Å². The first-order valence-corrected chi connectivity index (χ1v) is 15.3. The van der Waals surface area contributed by atoms with Crippen molar-refractivity contribution in [3.63, 3.8) is 0 Å². The van der Waals surface area contributed by atoms with Crippen LogP contribution < -0.4 is 20.3 Å². The number of hydrogen-bond donors (Lipinski definition) is 3. The average molecular weight is 574 g/mol. The number of H-pyrrole nitrogens is 1. The summed E-state index contributed by atoms with van der Waals surface area (Å²) in [6.07, 6.45) is 7.25. The van der Waals surface area contributed by atoms with Gasteiger partial charge in [-0.25, -0.2) is 9.50 Å². The average Bonchev–Trinajstić information content (AvgIpc) is 3.58. The Hall–Kier alpha value is -3.70. The smallest absolute Gasteiger partial charge is 0.227 e. The van der Waals surface area contributed by atoms with E-state index in [1.54, 1.807) is 0 Å². The van der Waals surface area contributed by atoms with Crippen LogP contribution in [0, 0.1) is 11.3 Å². The van der Waals surface area contributed by atoms with Crippen molar-refractivity contribution in [1.29, 1.82) is 0 Å². The number of pyridine rings is 2. The summed E-state index contributed by atoms with van der Waals surface area (Å²) in [7, 11) is 0. The Balaban J connectivity index is 1.22. The van der Waals surface area contributed by atoms with E-state index in [4.69, 9.17) is 9.72 Å². The first-order chi connectivity index (χ1) is 20.3. The summed E-state index contributed by atoms with van der Waals surface area (Å²) < 4.78 is 7.69. The Morgan fingerprint density at radius 1 is 1.21 bits per heavy atom. The number of rotatable bonds is 9. The van der Waals surface area contributed by atoms with Crippen LogP contribution in [0.1, 0.15) is 40.5 Å². The Morgan fingerprint density at radius 2 is 2.05 bits per heavy atom. The van der Waals surface area contributed by atoms with Crippen molar-refractivity contribution < 1.29 is 9.53 Å². The minimum atomic E-state index is -0.383. The predicted molar refractivity (Wildman–Crippen MR) is 165 cm³/mol. The summed E-state index contributed by atoms with van der Waals surface area (Å²) in [6, 6.07) is 6.70. The molecule has 0 radical (unpaired) electrons. The highest BCUT2D eigenvalue weighted by atomic mass is 16.5. The maximum absolute atomic E-state index is 13.6. The molecule has 6 rings (SSSR count). The van der Waals surface area contributed by atoms with Crippen molar-refractivity contribution in [2.24, 2.45) is 11.3 Å². The minimum Gasteiger partial charge on any atom is -0.492 e. The summed E-state index contributed by atoms with van der Waals surface area (Å²) in [5.74, 6) is 2.32. The molecule has 4 aromatic heterocycles. The van der Waals surface area contributed by atoms with Crippen molar-refractivity contribution in [3.8, 4) is 16.9 Å². The summed E-state index contributed by atoms with van der Waals surface area (Å²) >= 11 is 0. The summed E-state index contributed by atoms with van der Waals surface area (Å²) in [6.45, 7) is 15.1. The Bertz CT molecular complexity index is 1520. The minimum absolute atomic E-state index is 0.204. The summed E-state index contributed by atoms with van der Waals surface area (Å²) in [4.78, 5) is 23.3. The van der Waals surface area contributed by atoms with Crippen molar-refractivity contribution in [3.05, 3.63) is 36.8 Å². The van der Waals surface area contributed by atoms with Crippen LogP contribution in [0.3, 0.4) is 0 Å². The first-order valence-electron chi connectivity index (χ1n) is 15.3. The fraction of sp³-hybridized carbons (Fsp3) is 0.548. The standard InChI is InChI=1S/C31H43N9O2/c1-5-42-24-14-25(28-26-17-35-36-29(26)37-40(28)19-24)23-6-7-27(33-16-23)39-11-8-31(9-12-39,30(41)34-15-21(2)3)20-38-13-10-32-22(4)18-38/h6-7,14,16-17,19,21-22,32H,5,8-13,15,18,20H2,1-4H3,(H,34,41)(H,36,37)/t22-/m0/s1. The number of aromatic nitrogens is 5. The number of piperidine rings is 1. The number of carbonyl (C=O) groups excluding carboxylic acids is 1. The predicted octanol–water partition coefficient (Wildman–Crippen LogP) is 3.32. The number of fused-ring (bicyclic) bond motifs is 3. The second-order valence-corrected chi connectivity index (χ2v) is 12.3. The zero-order valence-electron chi connectivity index (χ0n) is 25.2. The van der Waals surface area contributed by atoms with Crippen LogP contribution in [0.15, 0.2) is 36.8 Å². The fourth-order valence-electron chi connectivity index (χ4n) is 6.43. The maximum atomic E-state index is 13.6. The lowest BCUT2D eigenvalue weighted by atomic mass is 9.76. The lowest BCUT2D eigenvalue weighted by Gasteiger charge is -2.45. The van der Waals surface area contributed by atoms with E-state index < -0.39 is 0 Å². The summed E-state index contributed by atoms with van der Waals surface area (Å²) in [5.41, 5.74) is 3.30. The lowest BCUT2D eigenvalue weighted by molar-refractivity contribution is -0.134. The van der Waals surface area contributed by atoms with Gasteiger partial charge in [-0.05, 0) is 50.8 Å². The zero-order valence-corrected chi connectivity index (χ0v) is 25.2. The molecule has 0 unspecified atom stereocenters. The Morgan fingerprint density at radius 3 is 2.76 bits per heavy atom. The van der Waals surface area contributed by atoms with E-state index in [2.05, 4.69) is 68.6 Å². The van der Waals surface area contributed by atoms with Gasteiger partial charge in [0.1, 0.15) is 11.6 Å². The Labute approximate surface area is 247 Å². The number of piperazine rings is 1. The van der Waals surface area contributed by atoms with Gasteiger partial charge in [-0.3, -0.25) is 14.8 Å². The molecule has 2 aliphatic heterocycles. The van der Waals surface area contributed by atoms with Crippen molar-refractivity contribution in [1.82, 2.24) is 40.3 Å². The van der Waals surface area contributed by atoms with E-state index >= 15 is 0 Å². The van der Waals surface area contributed by atoms with Crippen LogP contribution in [-0.2, 0) is 4.79 Å². The molecule has 11 heteroatoms. The zero-order chi connectivity index (χ0) is 29.3. The molecule has 0 aromatic carbocycles. The molecule has 0 bridgehead atoms. The van der Waals surface area contributed by atoms with Gasteiger partial charge in [0.15, 0.2) is 5.65 Å². The lowest BCUT2D eigenvalue weighted by Crippen LogP contribution is -2.58. The molecule has 11 nitrogen and oxygen atoms in total. The molecule has 2 aliphatic rings. The van der Waals surface area contributed by atoms with Gasteiger partial charge in [-0.1, -0.05) is 13.8 Å². The molecule has 3 N–H and O–H groups in total. The van der Waals surface area contributed by atoms with E-state index in [-0.39, 0.29) is 11.3 Å². The number of ether oxygens (including phenoxy) is 1. The molecule has 42 heavy (non-hydrogen) atoms. The topological polar surface area (TPSA) is 116 Å². The van der Waals surface area contributed by atoms with Gasteiger partial charge < -0.3 is 20.3 Å². The van der Waals surface area contributed by atoms with Crippen LogP contribution in [0.5, 0.6) is 5.75 Å². The molecule has 1 amide bonds. The molecular weight excluding hydrogens is 530 g/mol. The third-order valence-electron chi connectivity index (χ3n) is 8.65. The normalized spacial score (nSPS) is 19.5. The van der Waals surface area contributed by atoms with Crippen LogP contribution in [0.4, 0.5) is 5.82 Å². The molecule has 224 valence electrons.